The molecule has 0 radical (unpaired) electrons. The number of rotatable bonds is 3. The quantitative estimate of drug-likeness (QED) is 0.262. The molecule has 0 atom stereocenters. The highest BCUT2D eigenvalue weighted by Gasteiger charge is 2.18. The number of Topliss-reactive ketones (excluding diaryl/α,β-unsaturated/α-hetero) is 1. The Morgan fingerprint density at radius 3 is 2.40 bits per heavy atom. The summed E-state index contributed by atoms with van der Waals surface area (Å²) in [5.41, 5.74) is 8.00. The Morgan fingerprint density at radius 2 is 2.10 bits per heavy atom. The first-order valence-electron chi connectivity index (χ1n) is 3.16. The molecule has 3 nitrogen and oxygen atoms in total. The van der Waals surface area contributed by atoms with Crippen LogP contribution in [0.25, 0.3) is 5.53 Å². The second-order valence-electron chi connectivity index (χ2n) is 3.45. The summed E-state index contributed by atoms with van der Waals surface area (Å²) < 4.78 is 0. The van der Waals surface area contributed by atoms with Crippen LogP contribution in [0.5, 0.6) is 0 Å². The fraction of sp³-hybridized carbons (Fsp3) is 0.667. The number of carbonyl (C=O) groups excluding carboxylic acids is 1. The van der Waals surface area contributed by atoms with E-state index in [1.807, 2.05) is 0 Å². The lowest BCUT2D eigenvalue weighted by atomic mass is 10.5. The van der Waals surface area contributed by atoms with Crippen molar-refractivity contribution in [1.29, 1.82) is 0 Å². The largest absolute Gasteiger partial charge is 0.361 e. The minimum atomic E-state index is -1.31. The standard InChI is InChI=1S/C6H12N2OSi/c1-10(2,3)5-6(9)4-8-7/h4H,5H2,1-3H3. The zero-order valence-corrected chi connectivity index (χ0v) is 7.59. The van der Waals surface area contributed by atoms with Gasteiger partial charge in [-0.25, -0.2) is 0 Å². The molecule has 0 aromatic rings. The van der Waals surface area contributed by atoms with Crippen LogP contribution < -0.4 is 0 Å². The summed E-state index contributed by atoms with van der Waals surface area (Å²) in [4.78, 5) is 13.5. The maximum absolute atomic E-state index is 10.8. The van der Waals surface area contributed by atoms with E-state index in [1.54, 1.807) is 0 Å². The number of ketones is 1. The van der Waals surface area contributed by atoms with Gasteiger partial charge in [0.2, 0.25) is 5.78 Å². The first kappa shape index (κ1) is 9.27. The third kappa shape index (κ3) is 5.40. The van der Waals surface area contributed by atoms with Crippen LogP contribution in [0.1, 0.15) is 0 Å². The molecule has 0 amide bonds. The van der Waals surface area contributed by atoms with Crippen molar-refractivity contribution < 1.29 is 9.58 Å². The topological polar surface area (TPSA) is 53.5 Å². The molecule has 0 aromatic heterocycles. The van der Waals surface area contributed by atoms with Crippen LogP contribution in [-0.2, 0) is 4.79 Å². The summed E-state index contributed by atoms with van der Waals surface area (Å²) in [5.74, 6) is -0.0818. The fourth-order valence-electron chi connectivity index (χ4n) is 0.633. The fourth-order valence-corrected chi connectivity index (χ4v) is 1.77. The van der Waals surface area contributed by atoms with Crippen LogP contribution in [0, 0.1) is 0 Å². The van der Waals surface area contributed by atoms with Crippen molar-refractivity contribution in [2.75, 3.05) is 0 Å². The Hall–Kier alpha value is -0.733. The Bertz CT molecular complexity index is 177. The molecule has 0 saturated heterocycles. The molecule has 0 unspecified atom stereocenters. The van der Waals surface area contributed by atoms with E-state index in [-0.39, 0.29) is 5.78 Å². The molecule has 0 aromatic carbocycles. The molecular weight excluding hydrogens is 144 g/mol. The Balaban J connectivity index is 3.92. The van der Waals surface area contributed by atoms with Gasteiger partial charge in [-0.1, -0.05) is 19.6 Å². The van der Waals surface area contributed by atoms with Gasteiger partial charge in [0.1, 0.15) is 0 Å². The molecule has 0 spiro atoms. The van der Waals surface area contributed by atoms with Crippen molar-refractivity contribution in [3.8, 4) is 0 Å². The molecule has 0 saturated carbocycles. The van der Waals surface area contributed by atoms with Crippen molar-refractivity contribution in [3.63, 3.8) is 0 Å². The van der Waals surface area contributed by atoms with Gasteiger partial charge in [0.05, 0.1) is 8.07 Å². The van der Waals surface area contributed by atoms with Crippen molar-refractivity contribution in [1.82, 2.24) is 0 Å². The Morgan fingerprint density at radius 1 is 1.60 bits per heavy atom. The van der Waals surface area contributed by atoms with Gasteiger partial charge < -0.3 is 5.53 Å². The van der Waals surface area contributed by atoms with E-state index < -0.39 is 8.07 Å². The molecule has 0 rings (SSSR count). The monoisotopic (exact) mass is 156 g/mol. The first-order valence-corrected chi connectivity index (χ1v) is 6.87. The number of carbonyl (C=O) groups is 1. The van der Waals surface area contributed by atoms with E-state index in [0.717, 1.165) is 6.21 Å². The number of hydrogen-bond acceptors (Lipinski definition) is 1. The normalized spacial score (nSPS) is 10.3. The summed E-state index contributed by atoms with van der Waals surface area (Å²) in [6, 6.07) is 0.553. The minimum Gasteiger partial charge on any atom is -0.361 e. The van der Waals surface area contributed by atoms with Gasteiger partial charge >= 0.3 is 6.21 Å². The lowest BCUT2D eigenvalue weighted by Gasteiger charge is -2.10. The van der Waals surface area contributed by atoms with Crippen molar-refractivity contribution in [2.24, 2.45) is 0 Å². The maximum atomic E-state index is 10.8. The molecule has 0 N–H and O–H groups in total. The highest BCUT2D eigenvalue weighted by molar-refractivity contribution is 6.80. The van der Waals surface area contributed by atoms with E-state index in [9.17, 15) is 4.79 Å². The molecule has 0 aliphatic carbocycles. The Kier molecular flexibility index (Phi) is 3.19. The van der Waals surface area contributed by atoms with Gasteiger partial charge in [-0.2, -0.15) is 4.79 Å². The van der Waals surface area contributed by atoms with Crippen molar-refractivity contribution >= 4 is 20.1 Å². The van der Waals surface area contributed by atoms with E-state index in [4.69, 9.17) is 5.53 Å². The van der Waals surface area contributed by atoms with Crippen molar-refractivity contribution in [3.05, 3.63) is 5.53 Å². The molecule has 0 aliphatic rings. The predicted octanol–water partition coefficient (Wildman–Crippen LogP) is 1.19. The first-order chi connectivity index (χ1) is 4.45. The smallest absolute Gasteiger partial charge is 0.322 e. The summed E-state index contributed by atoms with van der Waals surface area (Å²) in [7, 11) is -1.31. The van der Waals surface area contributed by atoms with E-state index in [0.29, 0.717) is 6.04 Å². The molecule has 0 heterocycles. The van der Waals surface area contributed by atoms with Crippen LogP contribution >= 0.6 is 0 Å². The maximum Gasteiger partial charge on any atom is 0.322 e. The zero-order valence-electron chi connectivity index (χ0n) is 6.59. The minimum absolute atomic E-state index is 0.0818. The van der Waals surface area contributed by atoms with Gasteiger partial charge in [0.15, 0.2) is 0 Å². The summed E-state index contributed by atoms with van der Waals surface area (Å²) in [6.07, 6.45) is 0.970. The summed E-state index contributed by atoms with van der Waals surface area (Å²) >= 11 is 0. The van der Waals surface area contributed by atoms with Gasteiger partial charge in [0, 0.05) is 6.04 Å². The van der Waals surface area contributed by atoms with Crippen LogP contribution in [-0.4, -0.2) is 24.9 Å². The van der Waals surface area contributed by atoms with E-state index in [2.05, 4.69) is 24.4 Å². The summed E-state index contributed by atoms with van der Waals surface area (Å²) in [5, 5.41) is 0. The van der Waals surface area contributed by atoms with Gasteiger partial charge in [0.25, 0.3) is 0 Å². The second-order valence-corrected chi connectivity index (χ2v) is 8.92. The molecule has 4 heteroatoms. The lowest BCUT2D eigenvalue weighted by molar-refractivity contribution is -0.114. The van der Waals surface area contributed by atoms with Gasteiger partial charge in [-0.3, -0.25) is 4.79 Å². The van der Waals surface area contributed by atoms with Crippen LogP contribution in [0.2, 0.25) is 25.7 Å². The SMILES string of the molecule is C[Si](C)(C)CC(=O)C=[N+]=[N-]. The van der Waals surface area contributed by atoms with Crippen LogP contribution in [0.4, 0.5) is 0 Å². The van der Waals surface area contributed by atoms with Crippen LogP contribution in [0.15, 0.2) is 0 Å². The predicted molar refractivity (Wildman–Crippen MR) is 42.8 cm³/mol. The number of nitrogens with zero attached hydrogens (tertiary/aromatic N) is 2. The molecule has 10 heavy (non-hydrogen) atoms. The zero-order chi connectivity index (χ0) is 8.20. The van der Waals surface area contributed by atoms with E-state index in [1.165, 1.54) is 0 Å². The average Bonchev–Trinajstić information content (AvgIpc) is 1.59. The third-order valence-corrected chi connectivity index (χ3v) is 2.32. The van der Waals surface area contributed by atoms with E-state index >= 15 is 0 Å². The second kappa shape index (κ2) is 3.44. The average molecular weight is 156 g/mol. The highest BCUT2D eigenvalue weighted by atomic mass is 28.3. The lowest BCUT2D eigenvalue weighted by Crippen LogP contribution is -2.24. The third-order valence-electron chi connectivity index (χ3n) is 0.906. The Labute approximate surface area is 61.7 Å². The molecule has 56 valence electrons. The van der Waals surface area contributed by atoms with Gasteiger partial charge in [-0.15, -0.1) is 0 Å². The molecular formula is C6H12N2OSi. The molecule has 0 fully saturated rings. The summed E-state index contributed by atoms with van der Waals surface area (Å²) in [6.45, 7) is 6.28. The molecule has 0 aliphatic heterocycles. The number of hydrogen-bond donors (Lipinski definition) is 0. The highest BCUT2D eigenvalue weighted by Crippen LogP contribution is 2.06. The van der Waals surface area contributed by atoms with Gasteiger partial charge in [-0.05, 0) is 0 Å². The molecule has 0 bridgehead atoms. The van der Waals surface area contributed by atoms with Crippen LogP contribution in [0.3, 0.4) is 0 Å². The van der Waals surface area contributed by atoms with Crippen molar-refractivity contribution in [2.45, 2.75) is 25.7 Å².